The van der Waals surface area contributed by atoms with Crippen LogP contribution in [0.1, 0.15) is 31.7 Å². The first kappa shape index (κ1) is 23.5. The number of amides is 2. The number of nitrogens with one attached hydrogen (secondary N) is 1. The van der Waals surface area contributed by atoms with Gasteiger partial charge in [-0.15, -0.1) is 0 Å². The van der Waals surface area contributed by atoms with Crippen molar-refractivity contribution in [2.45, 2.75) is 38.4 Å². The third-order valence-corrected chi connectivity index (χ3v) is 5.94. The van der Waals surface area contributed by atoms with Gasteiger partial charge in [0.15, 0.2) is 0 Å². The van der Waals surface area contributed by atoms with Gasteiger partial charge in [-0.25, -0.2) is 0 Å². The minimum Gasteiger partial charge on any atom is -0.370 e. The van der Waals surface area contributed by atoms with Crippen LogP contribution >= 0.6 is 0 Å². The molecule has 7 nitrogen and oxygen atoms in total. The van der Waals surface area contributed by atoms with E-state index in [0.717, 1.165) is 30.4 Å². The molecule has 10 heteroatoms. The second kappa shape index (κ2) is 9.97. The van der Waals surface area contributed by atoms with Crippen LogP contribution in [-0.4, -0.2) is 62.1 Å². The number of benzene rings is 1. The summed E-state index contributed by atoms with van der Waals surface area (Å²) >= 11 is 0. The average molecular weight is 442 g/mol. The van der Waals surface area contributed by atoms with Crippen LogP contribution in [0.25, 0.3) is 0 Å². The van der Waals surface area contributed by atoms with E-state index in [1.165, 1.54) is 18.6 Å². The van der Waals surface area contributed by atoms with Gasteiger partial charge in [-0.1, -0.05) is 13.3 Å². The summed E-state index contributed by atoms with van der Waals surface area (Å²) in [5, 5.41) is 2.58. The van der Waals surface area contributed by atoms with E-state index in [4.69, 9.17) is 10.5 Å². The quantitative estimate of drug-likeness (QED) is 0.646. The van der Waals surface area contributed by atoms with Crippen LogP contribution in [0.2, 0.25) is 0 Å². The molecule has 1 aliphatic carbocycles. The Morgan fingerprint density at radius 1 is 1.39 bits per heavy atom. The molecule has 0 bridgehead atoms. The summed E-state index contributed by atoms with van der Waals surface area (Å²) in [7, 11) is 0. The number of halogens is 3. The number of rotatable bonds is 8. The van der Waals surface area contributed by atoms with Gasteiger partial charge in [0.2, 0.25) is 5.91 Å². The Morgan fingerprint density at radius 3 is 2.68 bits per heavy atom. The molecule has 2 aliphatic rings. The van der Waals surface area contributed by atoms with Gasteiger partial charge >= 0.3 is 6.18 Å². The Balaban J connectivity index is 1.79. The van der Waals surface area contributed by atoms with Crippen molar-refractivity contribution in [1.82, 2.24) is 4.90 Å². The Bertz CT molecular complexity index is 799. The number of hydrogen-bond donors (Lipinski definition) is 2. The summed E-state index contributed by atoms with van der Waals surface area (Å²) in [5.74, 6) is -0.442. The van der Waals surface area contributed by atoms with Gasteiger partial charge in [-0.3, -0.25) is 14.5 Å². The van der Waals surface area contributed by atoms with Gasteiger partial charge in [0, 0.05) is 25.3 Å². The minimum atomic E-state index is -4.69. The summed E-state index contributed by atoms with van der Waals surface area (Å²) in [6.07, 6.45) is -1.28. The summed E-state index contributed by atoms with van der Waals surface area (Å²) < 4.78 is 46.2. The van der Waals surface area contributed by atoms with E-state index in [-0.39, 0.29) is 37.7 Å². The third-order valence-electron chi connectivity index (χ3n) is 5.94. The third kappa shape index (κ3) is 5.55. The second-order valence-electron chi connectivity index (χ2n) is 7.95. The Morgan fingerprint density at radius 2 is 2.13 bits per heavy atom. The van der Waals surface area contributed by atoms with Crippen molar-refractivity contribution in [2.75, 3.05) is 49.6 Å². The molecule has 0 radical (unpaired) electrons. The number of likely N-dealkylation sites (N-methyl/N-ethyl adjacent to an activating group) is 1. The lowest BCUT2D eigenvalue weighted by Gasteiger charge is -2.35. The number of carbonyl (C=O) groups is 2. The maximum Gasteiger partial charge on any atom is 0.418 e. The second-order valence-corrected chi connectivity index (χ2v) is 7.95. The van der Waals surface area contributed by atoms with Gasteiger partial charge in [-0.2, -0.15) is 13.2 Å². The van der Waals surface area contributed by atoms with E-state index in [2.05, 4.69) is 5.32 Å². The van der Waals surface area contributed by atoms with Crippen LogP contribution in [0.4, 0.5) is 24.5 Å². The number of morpholine rings is 1. The highest BCUT2D eigenvalue weighted by Gasteiger charge is 2.37. The van der Waals surface area contributed by atoms with Crippen molar-refractivity contribution in [3.63, 3.8) is 0 Å². The standard InChI is InChI=1S/C21H29F3N4O3/c1-2-27(12-14-4-3-5-14)18(11-25)20(30)26-15-6-7-17(16(10-15)21(22,23)24)28-8-9-31-13-19(28)29/h6-7,10,14,18H,2-5,8-9,11-13,25H2,1H3,(H,26,30)/t18-/m1/s1. The Kier molecular flexibility index (Phi) is 7.55. The first-order chi connectivity index (χ1) is 14.7. The molecule has 2 amide bonds. The smallest absolute Gasteiger partial charge is 0.370 e. The predicted molar refractivity (Wildman–Crippen MR) is 111 cm³/mol. The average Bonchev–Trinajstić information content (AvgIpc) is 2.69. The highest BCUT2D eigenvalue weighted by molar-refractivity contribution is 5.98. The SMILES string of the molecule is CCN(CC1CCC1)[C@H](CN)C(=O)Nc1ccc(N2CCOCC2=O)c(C(F)(F)F)c1. The molecule has 1 atom stereocenters. The summed E-state index contributed by atoms with van der Waals surface area (Å²) in [4.78, 5) is 27.9. The maximum atomic E-state index is 13.7. The molecule has 1 aliphatic heterocycles. The van der Waals surface area contributed by atoms with Crippen LogP contribution in [0.3, 0.4) is 0 Å². The maximum absolute atomic E-state index is 13.7. The first-order valence-electron chi connectivity index (χ1n) is 10.6. The monoisotopic (exact) mass is 442 g/mol. The first-order valence-corrected chi connectivity index (χ1v) is 10.6. The van der Waals surface area contributed by atoms with Crippen LogP contribution in [0, 0.1) is 5.92 Å². The zero-order valence-corrected chi connectivity index (χ0v) is 17.6. The molecule has 3 N–H and O–H groups in total. The fourth-order valence-electron chi connectivity index (χ4n) is 3.98. The molecule has 1 saturated carbocycles. The molecule has 2 fully saturated rings. The van der Waals surface area contributed by atoms with E-state index >= 15 is 0 Å². The summed E-state index contributed by atoms with van der Waals surface area (Å²) in [6.45, 7) is 3.31. The number of hydrogen-bond acceptors (Lipinski definition) is 5. The van der Waals surface area contributed by atoms with Gasteiger partial charge < -0.3 is 20.7 Å². The predicted octanol–water partition coefficient (Wildman–Crippen LogP) is 2.46. The van der Waals surface area contributed by atoms with E-state index in [1.807, 2.05) is 11.8 Å². The van der Waals surface area contributed by atoms with E-state index in [1.54, 1.807) is 0 Å². The van der Waals surface area contributed by atoms with Gasteiger partial charge in [0.25, 0.3) is 5.91 Å². The molecule has 172 valence electrons. The van der Waals surface area contributed by atoms with Crippen LogP contribution in [0.5, 0.6) is 0 Å². The lowest BCUT2D eigenvalue weighted by atomic mass is 9.85. The zero-order valence-electron chi connectivity index (χ0n) is 17.6. The molecule has 1 aromatic carbocycles. The van der Waals surface area contributed by atoms with Crippen LogP contribution in [-0.2, 0) is 20.5 Å². The van der Waals surface area contributed by atoms with Crippen molar-refractivity contribution < 1.29 is 27.5 Å². The van der Waals surface area contributed by atoms with Gasteiger partial charge in [-0.05, 0) is 43.5 Å². The van der Waals surface area contributed by atoms with Crippen molar-refractivity contribution in [1.29, 1.82) is 0 Å². The molecule has 3 rings (SSSR count). The highest BCUT2D eigenvalue weighted by Crippen LogP contribution is 2.39. The van der Waals surface area contributed by atoms with E-state index in [0.29, 0.717) is 12.5 Å². The number of nitrogens with two attached hydrogens (primary N) is 1. The number of alkyl halides is 3. The van der Waals surface area contributed by atoms with Crippen LogP contribution in [0.15, 0.2) is 18.2 Å². The highest BCUT2D eigenvalue weighted by atomic mass is 19.4. The van der Waals surface area contributed by atoms with Crippen LogP contribution < -0.4 is 16.0 Å². The molecule has 0 unspecified atom stereocenters. The fourth-order valence-corrected chi connectivity index (χ4v) is 3.98. The molecule has 0 aromatic heterocycles. The molecule has 1 aromatic rings. The molecular formula is C21H29F3N4O3. The van der Waals surface area contributed by atoms with Crippen molar-refractivity contribution >= 4 is 23.2 Å². The van der Waals surface area contributed by atoms with Crippen molar-refractivity contribution in [3.8, 4) is 0 Å². The number of nitrogens with zero attached hydrogens (tertiary/aromatic N) is 2. The molecule has 31 heavy (non-hydrogen) atoms. The minimum absolute atomic E-state index is 0.0138. The summed E-state index contributed by atoms with van der Waals surface area (Å²) in [6, 6.07) is 2.83. The molecule has 1 saturated heterocycles. The summed E-state index contributed by atoms with van der Waals surface area (Å²) in [5.41, 5.74) is 4.63. The zero-order chi connectivity index (χ0) is 22.6. The normalized spacial score (nSPS) is 18.8. The van der Waals surface area contributed by atoms with Crippen molar-refractivity contribution in [3.05, 3.63) is 23.8 Å². The molecule has 0 spiro atoms. The van der Waals surface area contributed by atoms with Gasteiger partial charge in [0.05, 0.1) is 17.9 Å². The number of carbonyl (C=O) groups excluding carboxylic acids is 2. The Labute approximate surface area is 179 Å². The van der Waals surface area contributed by atoms with E-state index in [9.17, 15) is 22.8 Å². The largest absolute Gasteiger partial charge is 0.418 e. The Hall–Kier alpha value is -2.17. The molecular weight excluding hydrogens is 413 g/mol. The van der Waals surface area contributed by atoms with E-state index < -0.39 is 29.6 Å². The number of anilines is 2. The lowest BCUT2D eigenvalue weighted by molar-refractivity contribution is -0.137. The van der Waals surface area contributed by atoms with Gasteiger partial charge in [0.1, 0.15) is 12.6 Å². The molecule has 1 heterocycles. The fraction of sp³-hybridized carbons (Fsp3) is 0.619. The van der Waals surface area contributed by atoms with Crippen molar-refractivity contribution in [2.24, 2.45) is 11.7 Å². The lowest BCUT2D eigenvalue weighted by Crippen LogP contribution is -2.50. The topological polar surface area (TPSA) is 87.9 Å². The number of ether oxygens (including phenoxy) is 1.